The quantitative estimate of drug-likeness (QED) is 0.560. The van der Waals surface area contributed by atoms with Gasteiger partial charge in [-0.2, -0.15) is 0 Å². The first kappa shape index (κ1) is 2.88. The summed E-state index contributed by atoms with van der Waals surface area (Å²) >= 11 is 4.82. The third-order valence-corrected chi connectivity index (χ3v) is 1.37. The monoisotopic (exact) mass is 154 g/mol. The zero-order valence-electron chi connectivity index (χ0n) is 8.91. The van der Waals surface area contributed by atoms with Gasteiger partial charge in [0, 0.05) is 0 Å². The standard InChI is InChI=1S/C7H6N2S/c10-7-8-5-3-1-2-4-6(5)9-7/h1-4H,(H2,8,9,10)/i1D,2D,3D,4D. The lowest BCUT2D eigenvalue weighted by Crippen LogP contribution is -1.63. The van der Waals surface area contributed by atoms with Crippen molar-refractivity contribution in [2.75, 3.05) is 0 Å². The van der Waals surface area contributed by atoms with Crippen molar-refractivity contribution in [3.8, 4) is 0 Å². The van der Waals surface area contributed by atoms with E-state index in [2.05, 4.69) is 9.97 Å². The van der Waals surface area contributed by atoms with Crippen molar-refractivity contribution in [1.29, 1.82) is 0 Å². The van der Waals surface area contributed by atoms with Crippen LogP contribution in [-0.4, -0.2) is 9.97 Å². The maximum Gasteiger partial charge on any atom is 0.175 e. The highest BCUT2D eigenvalue weighted by atomic mass is 32.1. The fraction of sp³-hybridized carbons (Fsp3) is 0. The van der Waals surface area contributed by atoms with Gasteiger partial charge in [-0.25, -0.2) is 0 Å². The molecule has 0 spiro atoms. The molecule has 0 unspecified atom stereocenters. The van der Waals surface area contributed by atoms with Gasteiger partial charge < -0.3 is 9.97 Å². The zero-order chi connectivity index (χ0) is 10.5. The fourth-order valence-corrected chi connectivity index (χ4v) is 0.962. The molecule has 3 heteroatoms. The molecular formula is C7H6N2S. The molecule has 0 aliphatic rings. The molecule has 0 fully saturated rings. The molecule has 0 bridgehead atoms. The van der Waals surface area contributed by atoms with Crippen LogP contribution < -0.4 is 0 Å². The molecule has 0 aliphatic carbocycles. The number of hydrogen-bond donors (Lipinski definition) is 2. The second-order valence-corrected chi connectivity index (χ2v) is 2.24. The third kappa shape index (κ3) is 0.752. The summed E-state index contributed by atoms with van der Waals surface area (Å²) in [5.41, 5.74) is 0.641. The van der Waals surface area contributed by atoms with E-state index in [4.69, 9.17) is 17.7 Å². The lowest BCUT2D eigenvalue weighted by molar-refractivity contribution is 1.30. The lowest BCUT2D eigenvalue weighted by Gasteiger charge is -1.82. The van der Waals surface area contributed by atoms with Crippen LogP contribution in [-0.2, 0) is 0 Å². The number of H-pyrrole nitrogens is 2. The molecule has 2 N–H and O–H groups in total. The number of para-hydroxylation sites is 2. The number of benzene rings is 1. The molecule has 0 aliphatic heterocycles. The minimum Gasteiger partial charge on any atom is -0.331 e. The van der Waals surface area contributed by atoms with Crippen LogP contribution in [0.2, 0.25) is 0 Å². The topological polar surface area (TPSA) is 31.6 Å². The maximum absolute atomic E-state index is 7.55. The van der Waals surface area contributed by atoms with Crippen molar-refractivity contribution in [3.05, 3.63) is 28.9 Å². The summed E-state index contributed by atoms with van der Waals surface area (Å²) in [7, 11) is 0. The van der Waals surface area contributed by atoms with E-state index in [1.807, 2.05) is 0 Å². The predicted molar refractivity (Wildman–Crippen MR) is 43.5 cm³/mol. The molecule has 0 amide bonds. The molecule has 1 aromatic heterocycles. The van der Waals surface area contributed by atoms with Crippen LogP contribution >= 0.6 is 12.2 Å². The van der Waals surface area contributed by atoms with Gasteiger partial charge in [0.25, 0.3) is 0 Å². The Bertz CT molecular complexity index is 523. The number of aromatic nitrogens is 2. The highest BCUT2D eigenvalue weighted by Gasteiger charge is 1.90. The van der Waals surface area contributed by atoms with Crippen LogP contribution in [0.25, 0.3) is 11.0 Å². The third-order valence-electron chi connectivity index (χ3n) is 1.16. The van der Waals surface area contributed by atoms with E-state index in [1.54, 1.807) is 0 Å². The molecule has 10 heavy (non-hydrogen) atoms. The Morgan fingerprint density at radius 2 is 1.70 bits per heavy atom. The van der Waals surface area contributed by atoms with Crippen LogP contribution in [0.1, 0.15) is 5.48 Å². The summed E-state index contributed by atoms with van der Waals surface area (Å²) in [6.07, 6.45) is 0. The van der Waals surface area contributed by atoms with E-state index in [9.17, 15) is 0 Å². The highest BCUT2D eigenvalue weighted by molar-refractivity contribution is 7.71. The van der Waals surface area contributed by atoms with Gasteiger partial charge in [-0.05, 0) is 24.3 Å². The van der Waals surface area contributed by atoms with Crippen LogP contribution in [0.4, 0.5) is 0 Å². The molecule has 0 saturated carbocycles. The maximum atomic E-state index is 7.55. The fourth-order valence-electron chi connectivity index (χ4n) is 0.758. The Morgan fingerprint density at radius 3 is 2.20 bits per heavy atom. The smallest absolute Gasteiger partial charge is 0.175 e. The van der Waals surface area contributed by atoms with Gasteiger partial charge in [-0.3, -0.25) is 0 Å². The van der Waals surface area contributed by atoms with E-state index < -0.39 is 0 Å². The largest absolute Gasteiger partial charge is 0.331 e. The first-order valence-electron chi connectivity index (χ1n) is 4.70. The van der Waals surface area contributed by atoms with Gasteiger partial charge in [0.05, 0.1) is 16.5 Å². The van der Waals surface area contributed by atoms with Crippen molar-refractivity contribution in [1.82, 2.24) is 9.97 Å². The Balaban J connectivity index is 3.08. The second kappa shape index (κ2) is 1.95. The number of hydrogen-bond acceptors (Lipinski definition) is 1. The molecule has 0 atom stereocenters. The summed E-state index contributed by atoms with van der Waals surface area (Å²) in [6, 6.07) is -0.720. The Morgan fingerprint density at radius 1 is 1.20 bits per heavy atom. The predicted octanol–water partition coefficient (Wildman–Crippen LogP) is 2.23. The molecule has 1 heterocycles. The molecule has 1 aromatic carbocycles. The summed E-state index contributed by atoms with van der Waals surface area (Å²) in [6.45, 7) is 0. The van der Waals surface area contributed by atoms with Crippen molar-refractivity contribution < 1.29 is 5.48 Å². The van der Waals surface area contributed by atoms with Crippen molar-refractivity contribution >= 4 is 23.3 Å². The van der Waals surface area contributed by atoms with Gasteiger partial charge in [0.2, 0.25) is 0 Å². The van der Waals surface area contributed by atoms with Gasteiger partial charge in [-0.15, -0.1) is 0 Å². The number of imidazole rings is 1. The van der Waals surface area contributed by atoms with Gasteiger partial charge in [0.1, 0.15) is 0 Å². The minimum atomic E-state index is -0.257. The van der Waals surface area contributed by atoms with Crippen molar-refractivity contribution in [2.45, 2.75) is 0 Å². The number of nitrogens with one attached hydrogen (secondary N) is 2. The molecule has 2 rings (SSSR count). The molecule has 2 aromatic rings. The van der Waals surface area contributed by atoms with Crippen LogP contribution in [0, 0.1) is 4.77 Å². The average molecular weight is 154 g/mol. The van der Waals surface area contributed by atoms with Crippen LogP contribution in [0.5, 0.6) is 0 Å². The van der Waals surface area contributed by atoms with Crippen molar-refractivity contribution in [2.24, 2.45) is 0 Å². The first-order chi connectivity index (χ1) is 6.52. The average Bonchev–Trinajstić information content (AvgIpc) is 2.54. The van der Waals surface area contributed by atoms with Gasteiger partial charge in [0.15, 0.2) is 4.77 Å². The summed E-state index contributed by atoms with van der Waals surface area (Å²) in [4.78, 5) is 5.37. The summed E-state index contributed by atoms with van der Waals surface area (Å²) in [5.74, 6) is 0. The summed E-state index contributed by atoms with van der Waals surface area (Å²) < 4.78 is 30.2. The lowest BCUT2D eigenvalue weighted by atomic mass is 10.3. The molecule has 0 saturated heterocycles. The Labute approximate surface area is 68.5 Å². The van der Waals surface area contributed by atoms with E-state index in [0.717, 1.165) is 0 Å². The van der Waals surface area contributed by atoms with Gasteiger partial charge >= 0.3 is 0 Å². The SMILES string of the molecule is [2H]c1c([2H])c([2H])c2[nH]c(=S)[nH]c2c1[2H]. The molecule has 0 radical (unpaired) electrons. The van der Waals surface area contributed by atoms with Crippen LogP contribution in [0.3, 0.4) is 0 Å². The van der Waals surface area contributed by atoms with Crippen LogP contribution in [0.15, 0.2) is 24.2 Å². The highest BCUT2D eigenvalue weighted by Crippen LogP contribution is 2.06. The number of fused-ring (bicyclic) bond motifs is 1. The van der Waals surface area contributed by atoms with E-state index >= 15 is 0 Å². The van der Waals surface area contributed by atoms with E-state index in [1.165, 1.54) is 0 Å². The second-order valence-electron chi connectivity index (χ2n) is 1.83. The van der Waals surface area contributed by atoms with Gasteiger partial charge in [-0.1, -0.05) is 12.1 Å². The Hall–Kier alpha value is -1.09. The minimum absolute atomic E-state index is 0.103. The molecular weight excluding hydrogens is 144 g/mol. The van der Waals surface area contributed by atoms with E-state index in [-0.39, 0.29) is 24.2 Å². The Kier molecular flexibility index (Phi) is 0.562. The summed E-state index contributed by atoms with van der Waals surface area (Å²) in [5, 5.41) is 0. The molecule has 50 valence electrons. The molecule has 2 nitrogen and oxygen atoms in total. The zero-order valence-corrected chi connectivity index (χ0v) is 5.72. The number of aromatic amines is 2. The van der Waals surface area contributed by atoms with Crippen molar-refractivity contribution in [3.63, 3.8) is 0 Å². The normalized spacial score (nSPS) is 16.0. The number of rotatable bonds is 0. The first-order valence-corrected chi connectivity index (χ1v) is 3.11. The van der Waals surface area contributed by atoms with E-state index in [0.29, 0.717) is 15.8 Å².